The first kappa shape index (κ1) is 28.4. The number of alkyl halides is 12. The minimum atomic E-state index is -4.49. The molecule has 0 aromatic heterocycles. The molecular weight excluding hydrogens is 448 g/mol. The van der Waals surface area contributed by atoms with Gasteiger partial charge in [-0.25, -0.2) is 52.7 Å². The molecule has 0 nitrogen and oxygen atoms in total. The molecule has 29 heavy (non-hydrogen) atoms. The van der Waals surface area contributed by atoms with Crippen molar-refractivity contribution in [3.8, 4) is 0 Å². The van der Waals surface area contributed by atoms with Crippen molar-refractivity contribution in [1.82, 2.24) is 0 Å². The molecule has 13 heteroatoms. The molecule has 0 spiro atoms. The van der Waals surface area contributed by atoms with Gasteiger partial charge >= 0.3 is 0 Å². The Morgan fingerprint density at radius 2 is 0.517 bits per heavy atom. The Labute approximate surface area is 162 Å². The first-order chi connectivity index (χ1) is 13.5. The van der Waals surface area contributed by atoms with E-state index in [-0.39, 0.29) is 0 Å². The highest BCUT2D eigenvalue weighted by atomic mass is 28.3. The maximum Gasteiger partial charge on any atom is 0.159 e. The van der Waals surface area contributed by atoms with Gasteiger partial charge in [0.05, 0.1) is 8.07 Å². The van der Waals surface area contributed by atoms with Crippen LogP contribution in [0.1, 0.15) is 0 Å². The highest BCUT2D eigenvalue weighted by Crippen LogP contribution is 2.39. The maximum atomic E-state index is 14.0. The number of halogens is 12. The molecule has 8 atom stereocenters. The van der Waals surface area contributed by atoms with Gasteiger partial charge in [-0.15, -0.1) is 0 Å². The van der Waals surface area contributed by atoms with Gasteiger partial charge in [-0.05, 0) is 24.2 Å². The van der Waals surface area contributed by atoms with E-state index in [0.717, 1.165) is 0 Å². The average molecular weight is 472 g/mol. The maximum absolute atomic E-state index is 14.0. The van der Waals surface area contributed by atoms with Crippen molar-refractivity contribution in [3.05, 3.63) is 0 Å². The van der Waals surface area contributed by atoms with E-state index in [1.54, 1.807) is 0 Å². The van der Waals surface area contributed by atoms with Gasteiger partial charge < -0.3 is 0 Å². The number of hydrogen-bond acceptors (Lipinski definition) is 0. The van der Waals surface area contributed by atoms with Crippen molar-refractivity contribution < 1.29 is 52.7 Å². The molecule has 0 saturated heterocycles. The van der Waals surface area contributed by atoms with Crippen molar-refractivity contribution in [2.75, 3.05) is 26.7 Å². The molecule has 0 saturated carbocycles. The van der Waals surface area contributed by atoms with E-state index >= 15 is 0 Å². The minimum absolute atomic E-state index is 1.30. The van der Waals surface area contributed by atoms with Crippen molar-refractivity contribution in [2.45, 2.75) is 73.5 Å². The monoisotopic (exact) mass is 472 g/mol. The third kappa shape index (κ3) is 9.37. The number of hydrogen-bond donors (Lipinski definition) is 0. The van der Waals surface area contributed by atoms with Gasteiger partial charge in [0, 0.05) is 0 Å². The van der Waals surface area contributed by atoms with Crippen molar-refractivity contribution in [2.24, 2.45) is 0 Å². The first-order valence-electron chi connectivity index (χ1n) is 8.83. The van der Waals surface area contributed by atoms with Gasteiger partial charge in [-0.3, -0.25) is 0 Å². The molecule has 0 rings (SSSR count). The van der Waals surface area contributed by atoms with Crippen LogP contribution in [0.5, 0.6) is 0 Å². The third-order valence-electron chi connectivity index (χ3n) is 4.67. The van der Waals surface area contributed by atoms with Gasteiger partial charge in [0.1, 0.15) is 51.4 Å². The van der Waals surface area contributed by atoms with Crippen molar-refractivity contribution >= 4 is 8.07 Å². The predicted molar refractivity (Wildman–Crippen MR) is 88.1 cm³/mol. The Kier molecular flexibility index (Phi) is 13.3. The summed E-state index contributed by atoms with van der Waals surface area (Å²) in [6, 6.07) is -5.18. The topological polar surface area (TPSA) is 0 Å². The Morgan fingerprint density at radius 3 is 0.655 bits per heavy atom. The van der Waals surface area contributed by atoms with Gasteiger partial charge in [-0.2, -0.15) is 0 Å². The largest absolute Gasteiger partial charge is 0.248 e. The van der Waals surface area contributed by atoms with E-state index in [1.165, 1.54) is 0 Å². The Balaban J connectivity index is 5.97. The molecule has 0 aliphatic rings. The van der Waals surface area contributed by atoms with E-state index in [0.29, 0.717) is 0 Å². The quantitative estimate of drug-likeness (QED) is 0.190. The molecule has 0 amide bonds. The van der Waals surface area contributed by atoms with Crippen LogP contribution in [0.15, 0.2) is 0 Å². The fourth-order valence-electron chi connectivity index (χ4n) is 3.05. The highest BCUT2D eigenvalue weighted by Gasteiger charge is 2.47. The fraction of sp³-hybridized carbons (Fsp3) is 1.00. The van der Waals surface area contributed by atoms with Crippen LogP contribution in [-0.2, 0) is 0 Å². The van der Waals surface area contributed by atoms with Crippen LogP contribution in [0.2, 0.25) is 24.2 Å². The molecule has 0 aromatic carbocycles. The molecule has 0 bridgehead atoms. The van der Waals surface area contributed by atoms with Gasteiger partial charge in [0.15, 0.2) is 24.7 Å². The summed E-state index contributed by atoms with van der Waals surface area (Å²) < 4.78 is 159. The van der Waals surface area contributed by atoms with Gasteiger partial charge in [-0.1, -0.05) is 0 Å². The molecule has 0 aliphatic carbocycles. The van der Waals surface area contributed by atoms with E-state index in [4.69, 9.17) is 0 Å². The van der Waals surface area contributed by atoms with Crippen LogP contribution in [0.4, 0.5) is 52.7 Å². The smallest absolute Gasteiger partial charge is 0.159 e. The lowest BCUT2D eigenvalue weighted by Gasteiger charge is -2.37. The van der Waals surface area contributed by atoms with Crippen molar-refractivity contribution in [1.29, 1.82) is 0 Å². The summed E-state index contributed by atoms with van der Waals surface area (Å²) in [7, 11) is -4.49. The van der Waals surface area contributed by atoms with Gasteiger partial charge in [0.2, 0.25) is 0 Å². The summed E-state index contributed by atoms with van der Waals surface area (Å²) >= 11 is 0. The highest BCUT2D eigenvalue weighted by molar-refractivity contribution is 6.80. The Hall–Kier alpha value is -0.623. The second kappa shape index (κ2) is 13.6. The second-order valence-electron chi connectivity index (χ2n) is 7.06. The van der Waals surface area contributed by atoms with Crippen LogP contribution < -0.4 is 0 Å². The summed E-state index contributed by atoms with van der Waals surface area (Å²) in [6.07, 6.45) is -22.5. The zero-order chi connectivity index (χ0) is 22.8. The molecule has 0 radical (unpaired) electrons. The Bertz CT molecular complexity index is 353. The summed E-state index contributed by atoms with van der Waals surface area (Å²) in [5.41, 5.74) is 0. The first-order valence-corrected chi connectivity index (χ1v) is 11.7. The predicted octanol–water partition coefficient (Wildman–Crippen LogP) is 6.02. The third-order valence-corrected chi connectivity index (χ3v) is 9.70. The summed E-state index contributed by atoms with van der Waals surface area (Å²) in [4.78, 5) is 0. The zero-order valence-electron chi connectivity index (χ0n) is 15.3. The lowest BCUT2D eigenvalue weighted by molar-refractivity contribution is 0.129. The number of rotatable bonds is 16. The summed E-state index contributed by atoms with van der Waals surface area (Å²) in [6.45, 7) is -7.53. The van der Waals surface area contributed by atoms with Crippen LogP contribution >= 0.6 is 0 Å². The summed E-state index contributed by atoms with van der Waals surface area (Å²) in [5.74, 6) is 0. The van der Waals surface area contributed by atoms with Crippen molar-refractivity contribution in [3.63, 3.8) is 0 Å². The average Bonchev–Trinajstić information content (AvgIpc) is 2.70. The Morgan fingerprint density at radius 1 is 0.345 bits per heavy atom. The lowest BCUT2D eigenvalue weighted by Crippen LogP contribution is -2.49. The van der Waals surface area contributed by atoms with Crippen LogP contribution in [0.25, 0.3) is 0 Å². The minimum Gasteiger partial charge on any atom is -0.248 e. The standard InChI is InChI=1S/C16H24F12Si/c17-1-9(21)13(25)5-29(6-14(26)10(22)2-18,7-15(27)11(23)3-19)8-16(28)12(24)4-20/h9-16H,1-8H2. The normalized spacial score (nSPS) is 22.8. The van der Waals surface area contributed by atoms with E-state index in [2.05, 4.69) is 0 Å². The molecule has 176 valence electrons. The SMILES string of the molecule is FCC(F)C(F)C[Si](CC(F)C(F)CF)(CC(F)C(F)CF)CC(F)C(F)CF. The van der Waals surface area contributed by atoms with E-state index < -0.39 is 108 Å². The van der Waals surface area contributed by atoms with E-state index in [9.17, 15) is 52.7 Å². The second-order valence-corrected chi connectivity index (χ2v) is 11.7. The molecule has 0 heterocycles. The fourth-order valence-corrected chi connectivity index (χ4v) is 8.39. The molecule has 0 aliphatic heterocycles. The van der Waals surface area contributed by atoms with Gasteiger partial charge in [0.25, 0.3) is 0 Å². The van der Waals surface area contributed by atoms with Crippen LogP contribution in [0.3, 0.4) is 0 Å². The molecule has 8 unspecified atom stereocenters. The summed E-state index contributed by atoms with van der Waals surface area (Å²) in [5, 5.41) is 0. The molecule has 0 N–H and O–H groups in total. The molecule has 0 fully saturated rings. The van der Waals surface area contributed by atoms with E-state index in [1.807, 2.05) is 0 Å². The lowest BCUT2D eigenvalue weighted by atomic mass is 10.3. The van der Waals surface area contributed by atoms with Crippen LogP contribution in [0, 0.1) is 0 Å². The van der Waals surface area contributed by atoms with Crippen LogP contribution in [-0.4, -0.2) is 84.1 Å². The molecular formula is C16H24F12Si. The molecule has 0 aromatic rings. The zero-order valence-corrected chi connectivity index (χ0v) is 16.3.